The second-order valence-electron chi connectivity index (χ2n) is 4.74. The minimum atomic E-state index is -1.15. The van der Waals surface area contributed by atoms with Crippen LogP contribution in [0.4, 0.5) is 4.79 Å². The quantitative estimate of drug-likeness (QED) is 0.656. The lowest BCUT2D eigenvalue weighted by Gasteiger charge is -2.26. The molecule has 0 aliphatic carbocycles. The van der Waals surface area contributed by atoms with Gasteiger partial charge >= 0.3 is 18.0 Å². The van der Waals surface area contributed by atoms with Crippen LogP contribution in [-0.4, -0.2) is 62.5 Å². The molecule has 0 aromatic heterocycles. The Morgan fingerprint density at radius 2 is 1.53 bits per heavy atom. The van der Waals surface area contributed by atoms with Gasteiger partial charge in [-0.3, -0.25) is 19.3 Å². The molecule has 8 nitrogen and oxygen atoms in total. The first-order chi connectivity index (χ1) is 8.67. The van der Waals surface area contributed by atoms with Crippen LogP contribution in [0.5, 0.6) is 0 Å². The third kappa shape index (κ3) is 3.01. The van der Waals surface area contributed by atoms with Crippen molar-refractivity contribution in [3.05, 3.63) is 0 Å². The highest BCUT2D eigenvalue weighted by Gasteiger charge is 2.50. The average molecular weight is 272 g/mol. The fourth-order valence-corrected chi connectivity index (χ4v) is 1.90. The molecule has 2 N–H and O–H groups in total. The number of carboxylic acid groups (broad SMARTS) is 2. The molecule has 1 heterocycles. The number of imide groups is 1. The molecule has 0 bridgehead atoms. The molecule has 1 aliphatic rings. The summed E-state index contributed by atoms with van der Waals surface area (Å²) in [5.74, 6) is -2.69. The largest absolute Gasteiger partial charge is 0.481 e. The zero-order valence-electron chi connectivity index (χ0n) is 10.8. The van der Waals surface area contributed by atoms with Gasteiger partial charge in [-0.1, -0.05) is 0 Å². The van der Waals surface area contributed by atoms with Gasteiger partial charge in [0.15, 0.2) is 0 Å². The smallest absolute Gasteiger partial charge is 0.327 e. The molecule has 0 atom stereocenters. The fourth-order valence-electron chi connectivity index (χ4n) is 1.90. The predicted molar refractivity (Wildman–Crippen MR) is 62.4 cm³/mol. The maximum atomic E-state index is 12.0. The Bertz CT molecular complexity index is 431. The van der Waals surface area contributed by atoms with E-state index in [1.54, 1.807) is 0 Å². The predicted octanol–water partition coefficient (Wildman–Crippen LogP) is -0.0214. The highest BCUT2D eigenvalue weighted by Crippen LogP contribution is 2.27. The first kappa shape index (κ1) is 14.9. The van der Waals surface area contributed by atoms with E-state index >= 15 is 0 Å². The molecule has 8 heteroatoms. The monoisotopic (exact) mass is 272 g/mol. The lowest BCUT2D eigenvalue weighted by molar-refractivity contribution is -0.139. The SMILES string of the molecule is CC1(C)C(=O)N(CCC(=O)O)C(=O)N1CCC(=O)O. The number of hydrogen-bond acceptors (Lipinski definition) is 4. The van der Waals surface area contributed by atoms with Gasteiger partial charge in [0.2, 0.25) is 0 Å². The van der Waals surface area contributed by atoms with Gasteiger partial charge in [-0.2, -0.15) is 0 Å². The fraction of sp³-hybridized carbons (Fsp3) is 0.636. The molecular formula is C11H16N2O6. The first-order valence-corrected chi connectivity index (χ1v) is 5.75. The molecule has 0 unspecified atom stereocenters. The number of nitrogens with zero attached hydrogens (tertiary/aromatic N) is 2. The number of carboxylic acids is 2. The standard InChI is InChI=1S/C11H16N2O6/c1-11(2)9(18)12(5-3-7(14)15)10(19)13(11)6-4-8(16)17/h3-6H2,1-2H3,(H,14,15)(H,16,17). The highest BCUT2D eigenvalue weighted by molar-refractivity contribution is 6.06. The van der Waals surface area contributed by atoms with Crippen molar-refractivity contribution in [2.45, 2.75) is 32.2 Å². The van der Waals surface area contributed by atoms with Gasteiger partial charge < -0.3 is 15.1 Å². The van der Waals surface area contributed by atoms with Gasteiger partial charge in [-0.25, -0.2) is 4.79 Å². The Morgan fingerprint density at radius 3 is 2.00 bits per heavy atom. The van der Waals surface area contributed by atoms with Crippen molar-refractivity contribution in [1.29, 1.82) is 0 Å². The average Bonchev–Trinajstić information content (AvgIpc) is 2.42. The van der Waals surface area contributed by atoms with Crippen LogP contribution < -0.4 is 0 Å². The summed E-state index contributed by atoms with van der Waals surface area (Å²) in [6, 6.07) is -0.641. The summed E-state index contributed by atoms with van der Waals surface area (Å²) < 4.78 is 0. The number of carbonyl (C=O) groups is 4. The second kappa shape index (κ2) is 5.25. The van der Waals surface area contributed by atoms with E-state index < -0.39 is 29.4 Å². The Balaban J connectivity index is 2.83. The molecule has 0 spiro atoms. The second-order valence-corrected chi connectivity index (χ2v) is 4.74. The van der Waals surface area contributed by atoms with Gasteiger partial charge in [-0.05, 0) is 13.8 Å². The van der Waals surface area contributed by atoms with E-state index in [1.165, 1.54) is 13.8 Å². The molecule has 1 saturated heterocycles. The summed E-state index contributed by atoms with van der Waals surface area (Å²) in [5, 5.41) is 17.2. The van der Waals surface area contributed by atoms with Gasteiger partial charge in [0.25, 0.3) is 5.91 Å². The van der Waals surface area contributed by atoms with E-state index in [-0.39, 0.29) is 25.9 Å². The van der Waals surface area contributed by atoms with Crippen molar-refractivity contribution >= 4 is 23.9 Å². The zero-order valence-corrected chi connectivity index (χ0v) is 10.8. The molecular weight excluding hydrogens is 256 g/mol. The number of urea groups is 1. The van der Waals surface area contributed by atoms with Crippen molar-refractivity contribution in [3.63, 3.8) is 0 Å². The van der Waals surface area contributed by atoms with E-state index in [2.05, 4.69) is 0 Å². The van der Waals surface area contributed by atoms with Crippen molar-refractivity contribution in [3.8, 4) is 0 Å². The normalized spacial score (nSPS) is 18.0. The summed E-state index contributed by atoms with van der Waals surface area (Å²) in [5.41, 5.74) is -1.15. The van der Waals surface area contributed by atoms with E-state index in [0.29, 0.717) is 0 Å². The summed E-state index contributed by atoms with van der Waals surface area (Å²) in [6.07, 6.45) is -0.602. The van der Waals surface area contributed by atoms with Crippen molar-refractivity contribution in [1.82, 2.24) is 9.80 Å². The molecule has 0 aromatic carbocycles. The summed E-state index contributed by atoms with van der Waals surface area (Å²) >= 11 is 0. The minimum Gasteiger partial charge on any atom is -0.481 e. The minimum absolute atomic E-state index is 0.0868. The maximum absolute atomic E-state index is 12.0. The zero-order chi connectivity index (χ0) is 14.8. The molecule has 0 aromatic rings. The van der Waals surface area contributed by atoms with E-state index in [1.807, 2.05) is 0 Å². The molecule has 1 rings (SSSR count). The lowest BCUT2D eigenvalue weighted by Crippen LogP contribution is -2.45. The maximum Gasteiger partial charge on any atom is 0.327 e. The number of amides is 3. The summed E-state index contributed by atoms with van der Waals surface area (Å²) in [6.45, 7) is 2.72. The van der Waals surface area contributed by atoms with Gasteiger partial charge in [0.1, 0.15) is 5.54 Å². The van der Waals surface area contributed by atoms with Crippen LogP contribution >= 0.6 is 0 Å². The van der Waals surface area contributed by atoms with E-state index in [4.69, 9.17) is 10.2 Å². The Morgan fingerprint density at radius 1 is 1.05 bits per heavy atom. The van der Waals surface area contributed by atoms with Crippen LogP contribution in [0.2, 0.25) is 0 Å². The first-order valence-electron chi connectivity index (χ1n) is 5.75. The third-order valence-electron chi connectivity index (χ3n) is 3.00. The van der Waals surface area contributed by atoms with Crippen LogP contribution in [0.3, 0.4) is 0 Å². The van der Waals surface area contributed by atoms with Crippen molar-refractivity contribution in [2.75, 3.05) is 13.1 Å². The molecule has 106 valence electrons. The van der Waals surface area contributed by atoms with Gasteiger partial charge in [-0.15, -0.1) is 0 Å². The van der Waals surface area contributed by atoms with Gasteiger partial charge in [0.05, 0.1) is 12.8 Å². The van der Waals surface area contributed by atoms with Crippen LogP contribution in [0.25, 0.3) is 0 Å². The molecule has 3 amide bonds. The number of carbonyl (C=O) groups excluding carboxylic acids is 2. The lowest BCUT2D eigenvalue weighted by atomic mass is 10.0. The number of hydrogen-bond donors (Lipinski definition) is 2. The van der Waals surface area contributed by atoms with E-state index in [9.17, 15) is 19.2 Å². The molecule has 1 fully saturated rings. The van der Waals surface area contributed by atoms with Gasteiger partial charge in [0, 0.05) is 13.1 Å². The molecule has 0 saturated carbocycles. The Hall–Kier alpha value is -2.12. The van der Waals surface area contributed by atoms with Crippen LogP contribution in [0, 0.1) is 0 Å². The van der Waals surface area contributed by atoms with Crippen LogP contribution in [0.1, 0.15) is 26.7 Å². The number of aliphatic carboxylic acids is 2. The summed E-state index contributed by atoms with van der Waals surface area (Å²) in [4.78, 5) is 47.1. The van der Waals surface area contributed by atoms with Crippen molar-refractivity contribution in [2.24, 2.45) is 0 Å². The van der Waals surface area contributed by atoms with Crippen LogP contribution in [-0.2, 0) is 14.4 Å². The molecule has 0 radical (unpaired) electrons. The topological polar surface area (TPSA) is 115 Å². The molecule has 1 aliphatic heterocycles. The van der Waals surface area contributed by atoms with Crippen LogP contribution in [0.15, 0.2) is 0 Å². The molecule has 19 heavy (non-hydrogen) atoms. The number of rotatable bonds is 6. The summed E-state index contributed by atoms with van der Waals surface area (Å²) in [7, 11) is 0. The van der Waals surface area contributed by atoms with Crippen molar-refractivity contribution < 1.29 is 29.4 Å². The van der Waals surface area contributed by atoms with E-state index in [0.717, 1.165) is 9.80 Å². The Labute approximate surface area is 109 Å². The Kier molecular flexibility index (Phi) is 4.13. The highest BCUT2D eigenvalue weighted by atomic mass is 16.4. The third-order valence-corrected chi connectivity index (χ3v) is 3.00.